The average Bonchev–Trinajstić information content (AvgIpc) is 2.58. The van der Waals surface area contributed by atoms with Crippen molar-refractivity contribution >= 4 is 0 Å². The summed E-state index contributed by atoms with van der Waals surface area (Å²) >= 11 is 0. The van der Waals surface area contributed by atoms with Gasteiger partial charge in [0, 0.05) is 43.9 Å². The zero-order chi connectivity index (χ0) is 15.4. The molecule has 0 radical (unpaired) electrons. The molecule has 122 valence electrons. The Bertz CT molecular complexity index is 462. The smallest absolute Gasteiger partial charge is 0.127 e. The quantitative estimate of drug-likeness (QED) is 0.898. The summed E-state index contributed by atoms with van der Waals surface area (Å²) in [6, 6.07) is 6.04. The highest BCUT2D eigenvalue weighted by Crippen LogP contribution is 2.42. The predicted molar refractivity (Wildman–Crippen MR) is 88.4 cm³/mol. The van der Waals surface area contributed by atoms with Crippen molar-refractivity contribution in [1.29, 1.82) is 0 Å². The van der Waals surface area contributed by atoms with E-state index in [1.807, 2.05) is 0 Å². The van der Waals surface area contributed by atoms with Crippen LogP contribution in [0, 0.1) is 5.92 Å². The van der Waals surface area contributed by atoms with E-state index in [1.54, 1.807) is 19.2 Å². The Kier molecular flexibility index (Phi) is 5.21. The number of phenols is 1. The van der Waals surface area contributed by atoms with Crippen LogP contribution in [0.4, 0.5) is 0 Å². The SMILES string of the molecule is COc1cc(O)ccc1[C@@H](C1CCCCC1)N1CCNCC1. The Morgan fingerprint density at radius 2 is 1.91 bits per heavy atom. The summed E-state index contributed by atoms with van der Waals surface area (Å²) in [7, 11) is 1.70. The van der Waals surface area contributed by atoms with E-state index in [9.17, 15) is 5.11 Å². The molecule has 1 atom stereocenters. The van der Waals surface area contributed by atoms with Gasteiger partial charge in [-0.25, -0.2) is 0 Å². The Hall–Kier alpha value is -1.26. The molecule has 4 heteroatoms. The van der Waals surface area contributed by atoms with Crippen LogP contribution in [0.5, 0.6) is 11.5 Å². The molecule has 1 aliphatic heterocycles. The monoisotopic (exact) mass is 304 g/mol. The van der Waals surface area contributed by atoms with Gasteiger partial charge in [0.05, 0.1) is 7.11 Å². The highest BCUT2D eigenvalue weighted by atomic mass is 16.5. The van der Waals surface area contributed by atoms with Crippen LogP contribution in [-0.2, 0) is 0 Å². The minimum Gasteiger partial charge on any atom is -0.508 e. The number of nitrogens with zero attached hydrogens (tertiary/aromatic N) is 1. The molecule has 1 heterocycles. The number of ether oxygens (including phenoxy) is 1. The van der Waals surface area contributed by atoms with Crippen molar-refractivity contribution < 1.29 is 9.84 Å². The van der Waals surface area contributed by atoms with Crippen molar-refractivity contribution in [1.82, 2.24) is 10.2 Å². The van der Waals surface area contributed by atoms with E-state index in [0.29, 0.717) is 12.0 Å². The number of methoxy groups -OCH3 is 1. The lowest BCUT2D eigenvalue weighted by molar-refractivity contribution is 0.101. The number of benzene rings is 1. The summed E-state index contributed by atoms with van der Waals surface area (Å²) in [6.07, 6.45) is 6.66. The second kappa shape index (κ2) is 7.34. The lowest BCUT2D eigenvalue weighted by atomic mass is 9.80. The highest BCUT2D eigenvalue weighted by Gasteiger charge is 2.32. The Morgan fingerprint density at radius 1 is 1.18 bits per heavy atom. The van der Waals surface area contributed by atoms with Gasteiger partial charge in [-0.2, -0.15) is 0 Å². The van der Waals surface area contributed by atoms with Crippen molar-refractivity contribution in [2.75, 3.05) is 33.3 Å². The highest BCUT2D eigenvalue weighted by molar-refractivity contribution is 5.42. The van der Waals surface area contributed by atoms with Crippen LogP contribution >= 0.6 is 0 Å². The van der Waals surface area contributed by atoms with Gasteiger partial charge in [-0.1, -0.05) is 25.3 Å². The fourth-order valence-corrected chi connectivity index (χ4v) is 4.10. The van der Waals surface area contributed by atoms with Crippen LogP contribution in [0.2, 0.25) is 0 Å². The third kappa shape index (κ3) is 3.39. The Labute approximate surface area is 133 Å². The van der Waals surface area contributed by atoms with Crippen LogP contribution in [-0.4, -0.2) is 43.3 Å². The van der Waals surface area contributed by atoms with Crippen molar-refractivity contribution in [2.24, 2.45) is 5.92 Å². The summed E-state index contributed by atoms with van der Waals surface area (Å²) in [5.74, 6) is 1.81. The first-order valence-electron chi connectivity index (χ1n) is 8.61. The molecule has 2 N–H and O–H groups in total. The Morgan fingerprint density at radius 3 is 2.59 bits per heavy atom. The number of hydrogen-bond donors (Lipinski definition) is 2. The van der Waals surface area contributed by atoms with Gasteiger partial charge in [-0.05, 0) is 24.8 Å². The fourth-order valence-electron chi connectivity index (χ4n) is 4.10. The molecule has 1 aromatic rings. The van der Waals surface area contributed by atoms with Gasteiger partial charge in [-0.3, -0.25) is 4.90 Å². The van der Waals surface area contributed by atoms with Gasteiger partial charge in [-0.15, -0.1) is 0 Å². The topological polar surface area (TPSA) is 44.7 Å². The van der Waals surface area contributed by atoms with Crippen LogP contribution in [0.25, 0.3) is 0 Å². The molecule has 0 aromatic heterocycles. The van der Waals surface area contributed by atoms with E-state index in [0.717, 1.165) is 31.9 Å². The van der Waals surface area contributed by atoms with Gasteiger partial charge in [0.15, 0.2) is 0 Å². The summed E-state index contributed by atoms with van der Waals surface area (Å²) in [6.45, 7) is 4.30. The summed E-state index contributed by atoms with van der Waals surface area (Å²) in [5.41, 5.74) is 1.24. The average molecular weight is 304 g/mol. The molecule has 1 aliphatic carbocycles. The van der Waals surface area contributed by atoms with E-state index >= 15 is 0 Å². The molecule has 0 unspecified atom stereocenters. The zero-order valence-corrected chi connectivity index (χ0v) is 13.6. The lowest BCUT2D eigenvalue weighted by Crippen LogP contribution is -2.47. The van der Waals surface area contributed by atoms with E-state index in [4.69, 9.17) is 4.74 Å². The number of aromatic hydroxyl groups is 1. The zero-order valence-electron chi connectivity index (χ0n) is 13.6. The van der Waals surface area contributed by atoms with Gasteiger partial charge in [0.25, 0.3) is 0 Å². The van der Waals surface area contributed by atoms with E-state index in [-0.39, 0.29) is 5.75 Å². The third-order valence-corrected chi connectivity index (χ3v) is 5.18. The molecule has 1 aromatic carbocycles. The van der Waals surface area contributed by atoms with E-state index in [1.165, 1.54) is 37.7 Å². The molecule has 1 saturated heterocycles. The lowest BCUT2D eigenvalue weighted by Gasteiger charge is -2.41. The molecular weight excluding hydrogens is 276 g/mol. The molecule has 0 spiro atoms. The minimum atomic E-state index is 0.281. The van der Waals surface area contributed by atoms with Crippen LogP contribution in [0.15, 0.2) is 18.2 Å². The maximum Gasteiger partial charge on any atom is 0.127 e. The molecule has 0 amide bonds. The first-order chi connectivity index (χ1) is 10.8. The van der Waals surface area contributed by atoms with Gasteiger partial charge in [0.2, 0.25) is 0 Å². The molecule has 22 heavy (non-hydrogen) atoms. The number of piperazine rings is 1. The number of phenolic OH excluding ortho intramolecular Hbond substituents is 1. The normalized spacial score (nSPS) is 22.4. The number of nitrogens with one attached hydrogen (secondary N) is 1. The maximum atomic E-state index is 9.77. The first kappa shape index (κ1) is 15.6. The van der Waals surface area contributed by atoms with Crippen LogP contribution in [0.3, 0.4) is 0 Å². The molecule has 2 aliphatic rings. The van der Waals surface area contributed by atoms with E-state index in [2.05, 4.69) is 16.3 Å². The van der Waals surface area contributed by atoms with Crippen LogP contribution < -0.4 is 10.1 Å². The standard InChI is InChI=1S/C18H28N2O2/c1-22-17-13-15(21)7-8-16(17)18(14-5-3-2-4-6-14)20-11-9-19-10-12-20/h7-8,13-14,18-19,21H,2-6,9-12H2,1H3/t18-/m1/s1. The minimum absolute atomic E-state index is 0.281. The van der Waals surface area contributed by atoms with Gasteiger partial charge in [0.1, 0.15) is 11.5 Å². The fraction of sp³-hybridized carbons (Fsp3) is 0.667. The van der Waals surface area contributed by atoms with Gasteiger partial charge >= 0.3 is 0 Å². The molecule has 1 saturated carbocycles. The largest absolute Gasteiger partial charge is 0.508 e. The second-order valence-corrected chi connectivity index (χ2v) is 6.56. The van der Waals surface area contributed by atoms with Gasteiger partial charge < -0.3 is 15.2 Å². The first-order valence-corrected chi connectivity index (χ1v) is 8.61. The summed E-state index contributed by atoms with van der Waals surface area (Å²) in [5, 5.41) is 13.2. The van der Waals surface area contributed by atoms with Crippen LogP contribution in [0.1, 0.15) is 43.7 Å². The third-order valence-electron chi connectivity index (χ3n) is 5.18. The summed E-state index contributed by atoms with van der Waals surface area (Å²) in [4.78, 5) is 2.61. The molecular formula is C18H28N2O2. The number of hydrogen-bond acceptors (Lipinski definition) is 4. The molecule has 0 bridgehead atoms. The molecule has 3 rings (SSSR count). The molecule has 4 nitrogen and oxygen atoms in total. The molecule has 2 fully saturated rings. The number of rotatable bonds is 4. The Balaban J connectivity index is 1.92. The van der Waals surface area contributed by atoms with Crippen molar-refractivity contribution in [3.05, 3.63) is 23.8 Å². The van der Waals surface area contributed by atoms with Crippen molar-refractivity contribution in [3.8, 4) is 11.5 Å². The van der Waals surface area contributed by atoms with Crippen molar-refractivity contribution in [2.45, 2.75) is 38.1 Å². The second-order valence-electron chi connectivity index (χ2n) is 6.56. The van der Waals surface area contributed by atoms with Crippen molar-refractivity contribution in [3.63, 3.8) is 0 Å². The maximum absolute atomic E-state index is 9.77. The predicted octanol–water partition coefficient (Wildman–Crippen LogP) is 2.93. The van der Waals surface area contributed by atoms with E-state index < -0.39 is 0 Å². The summed E-state index contributed by atoms with van der Waals surface area (Å²) < 4.78 is 5.59.